The molecule has 8 nitrogen and oxygen atoms in total. The van der Waals surface area contributed by atoms with E-state index in [1.165, 1.54) is 0 Å². The van der Waals surface area contributed by atoms with E-state index in [1.807, 2.05) is 6.92 Å². The quantitative estimate of drug-likeness (QED) is 0.352. The zero-order chi connectivity index (χ0) is 10.6. The maximum Gasteiger partial charge on any atom is 0.394 e. The molecule has 0 atom stereocenters. The van der Waals surface area contributed by atoms with Crippen molar-refractivity contribution >= 4 is 21.9 Å². The second-order valence-electron chi connectivity index (χ2n) is 2.10. The Bertz CT molecular complexity index is 342. The third kappa shape index (κ3) is 5.90. The van der Waals surface area contributed by atoms with Crippen LogP contribution in [0.5, 0.6) is 0 Å². The monoisotopic (exact) mass is 210 g/mol. The van der Waals surface area contributed by atoms with E-state index in [9.17, 15) is 0 Å². The molecule has 0 radical (unpaired) electrons. The van der Waals surface area contributed by atoms with E-state index in [4.69, 9.17) is 29.0 Å². The molecule has 76 valence electrons. The number of aromatic amines is 1. The summed E-state index contributed by atoms with van der Waals surface area (Å²) in [5.74, 6) is 0.377. The van der Waals surface area contributed by atoms with Gasteiger partial charge in [0.1, 0.15) is 0 Å². The van der Waals surface area contributed by atoms with Gasteiger partial charge in [-0.3, -0.25) is 14.2 Å². The smallest absolute Gasteiger partial charge is 0.394 e. The third-order valence-electron chi connectivity index (χ3n) is 1.02. The van der Waals surface area contributed by atoms with E-state index < -0.39 is 10.4 Å². The first-order valence-electron chi connectivity index (χ1n) is 2.97. The Morgan fingerprint density at radius 3 is 1.85 bits per heavy atom. The van der Waals surface area contributed by atoms with Gasteiger partial charge in [-0.15, -0.1) is 0 Å². The summed E-state index contributed by atoms with van der Waals surface area (Å²) >= 11 is 0. The number of anilines is 2. The first kappa shape index (κ1) is 11.7. The number of aryl methyl sites for hydroxylation is 1. The highest BCUT2D eigenvalue weighted by Gasteiger charge is 1.98. The summed E-state index contributed by atoms with van der Waals surface area (Å²) in [5.41, 5.74) is 12.0. The van der Waals surface area contributed by atoms with Crippen molar-refractivity contribution in [2.75, 3.05) is 11.5 Å². The van der Waals surface area contributed by atoms with Gasteiger partial charge < -0.3 is 11.5 Å². The van der Waals surface area contributed by atoms with Crippen LogP contribution in [-0.2, 0) is 10.4 Å². The first-order chi connectivity index (χ1) is 5.72. The van der Waals surface area contributed by atoms with Gasteiger partial charge in [0, 0.05) is 0 Å². The lowest BCUT2D eigenvalue weighted by Crippen LogP contribution is -1.91. The maximum atomic E-state index is 8.74. The number of H-pyrrole nitrogens is 1. The zero-order valence-electron chi connectivity index (χ0n) is 6.72. The minimum atomic E-state index is -4.67. The Morgan fingerprint density at radius 2 is 1.77 bits per heavy atom. The molecular weight excluding hydrogens is 200 g/mol. The highest BCUT2D eigenvalue weighted by molar-refractivity contribution is 7.79. The van der Waals surface area contributed by atoms with Crippen molar-refractivity contribution in [1.82, 2.24) is 10.2 Å². The van der Waals surface area contributed by atoms with Crippen molar-refractivity contribution in [3.63, 3.8) is 0 Å². The molecule has 0 bridgehead atoms. The third-order valence-corrected chi connectivity index (χ3v) is 1.02. The SMILES string of the molecule is Cc1[nH]nc(N)c1N.O=S(=O)(O)O. The summed E-state index contributed by atoms with van der Waals surface area (Å²) in [4.78, 5) is 0. The Labute approximate surface area is 74.5 Å². The second-order valence-corrected chi connectivity index (χ2v) is 2.99. The molecular formula is C4H10N4O4S. The van der Waals surface area contributed by atoms with Gasteiger partial charge >= 0.3 is 10.4 Å². The Morgan fingerprint density at radius 1 is 1.38 bits per heavy atom. The molecule has 0 aliphatic carbocycles. The largest absolute Gasteiger partial charge is 0.394 e. The van der Waals surface area contributed by atoms with Crippen LogP contribution in [0.25, 0.3) is 0 Å². The van der Waals surface area contributed by atoms with E-state index >= 15 is 0 Å². The van der Waals surface area contributed by atoms with Gasteiger partial charge in [-0.1, -0.05) is 0 Å². The maximum absolute atomic E-state index is 8.74. The van der Waals surface area contributed by atoms with Crippen molar-refractivity contribution < 1.29 is 17.5 Å². The van der Waals surface area contributed by atoms with E-state index in [0.717, 1.165) is 5.69 Å². The average molecular weight is 210 g/mol. The van der Waals surface area contributed by atoms with Crippen molar-refractivity contribution in [3.05, 3.63) is 5.69 Å². The minimum Gasteiger partial charge on any atom is -0.394 e. The van der Waals surface area contributed by atoms with E-state index in [-0.39, 0.29) is 0 Å². The molecule has 0 saturated carbocycles. The van der Waals surface area contributed by atoms with Gasteiger partial charge in [-0.05, 0) is 6.92 Å². The Balaban J connectivity index is 0.000000252. The van der Waals surface area contributed by atoms with Crippen molar-refractivity contribution in [2.45, 2.75) is 6.92 Å². The molecule has 9 heteroatoms. The molecule has 0 aliphatic rings. The molecule has 0 spiro atoms. The fraction of sp³-hybridized carbons (Fsp3) is 0.250. The molecule has 0 aliphatic heterocycles. The summed E-state index contributed by atoms with van der Waals surface area (Å²) in [6.07, 6.45) is 0. The van der Waals surface area contributed by atoms with Gasteiger partial charge in [-0.25, -0.2) is 0 Å². The van der Waals surface area contributed by atoms with E-state index in [0.29, 0.717) is 11.5 Å². The molecule has 13 heavy (non-hydrogen) atoms. The fourth-order valence-corrected chi connectivity index (χ4v) is 0.457. The molecule has 0 fully saturated rings. The van der Waals surface area contributed by atoms with Crippen LogP contribution < -0.4 is 11.5 Å². The predicted molar refractivity (Wildman–Crippen MR) is 46.3 cm³/mol. The Hall–Kier alpha value is -1.32. The molecule has 1 aromatic heterocycles. The summed E-state index contributed by atoms with van der Waals surface area (Å²) in [7, 11) is -4.67. The van der Waals surface area contributed by atoms with Crippen LogP contribution in [0.1, 0.15) is 5.69 Å². The van der Waals surface area contributed by atoms with Crippen LogP contribution in [0.15, 0.2) is 0 Å². The first-order valence-corrected chi connectivity index (χ1v) is 4.37. The number of nitrogens with one attached hydrogen (secondary N) is 1. The average Bonchev–Trinajstić information content (AvgIpc) is 2.16. The number of nitrogens with two attached hydrogens (primary N) is 2. The predicted octanol–water partition coefficient (Wildman–Crippen LogP) is -0.770. The van der Waals surface area contributed by atoms with Gasteiger partial charge in [0.15, 0.2) is 5.82 Å². The molecule has 0 unspecified atom stereocenters. The number of nitrogen functional groups attached to an aromatic ring is 2. The van der Waals surface area contributed by atoms with E-state index in [2.05, 4.69) is 10.2 Å². The number of hydrogen-bond donors (Lipinski definition) is 5. The van der Waals surface area contributed by atoms with Crippen molar-refractivity contribution in [1.29, 1.82) is 0 Å². The molecule has 1 aromatic rings. The van der Waals surface area contributed by atoms with Crippen molar-refractivity contribution in [3.8, 4) is 0 Å². The van der Waals surface area contributed by atoms with Crippen LogP contribution in [0.2, 0.25) is 0 Å². The molecule has 0 saturated heterocycles. The second kappa shape index (κ2) is 4.07. The lowest BCUT2D eigenvalue weighted by atomic mass is 10.4. The van der Waals surface area contributed by atoms with Crippen LogP contribution in [0.4, 0.5) is 11.5 Å². The number of hydrogen-bond acceptors (Lipinski definition) is 5. The summed E-state index contributed by atoms with van der Waals surface area (Å²) in [6, 6.07) is 0. The molecule has 1 rings (SSSR count). The topological polar surface area (TPSA) is 155 Å². The zero-order valence-corrected chi connectivity index (χ0v) is 7.54. The summed E-state index contributed by atoms with van der Waals surface area (Å²) in [6.45, 7) is 1.82. The van der Waals surface area contributed by atoms with Gasteiger partial charge in [0.25, 0.3) is 0 Å². The van der Waals surface area contributed by atoms with Crippen LogP contribution in [0.3, 0.4) is 0 Å². The molecule has 0 amide bonds. The van der Waals surface area contributed by atoms with Crippen molar-refractivity contribution in [2.24, 2.45) is 0 Å². The minimum absolute atomic E-state index is 0.377. The summed E-state index contributed by atoms with van der Waals surface area (Å²) < 4.78 is 31.6. The normalized spacial score (nSPS) is 10.4. The number of aromatic nitrogens is 2. The lowest BCUT2D eigenvalue weighted by molar-refractivity contribution is 0.381. The van der Waals surface area contributed by atoms with Crippen LogP contribution in [0, 0.1) is 6.92 Å². The van der Waals surface area contributed by atoms with Gasteiger partial charge in [0.2, 0.25) is 0 Å². The van der Waals surface area contributed by atoms with Gasteiger partial charge in [0.05, 0.1) is 11.4 Å². The number of rotatable bonds is 0. The lowest BCUT2D eigenvalue weighted by Gasteiger charge is -1.84. The molecule has 1 heterocycles. The highest BCUT2D eigenvalue weighted by atomic mass is 32.3. The Kier molecular flexibility index (Phi) is 3.66. The highest BCUT2D eigenvalue weighted by Crippen LogP contribution is 2.12. The molecule has 7 N–H and O–H groups in total. The number of nitrogens with zero attached hydrogens (tertiary/aromatic N) is 1. The van der Waals surface area contributed by atoms with Crippen LogP contribution in [-0.4, -0.2) is 27.7 Å². The molecule has 0 aromatic carbocycles. The van der Waals surface area contributed by atoms with Crippen LogP contribution >= 0.6 is 0 Å². The van der Waals surface area contributed by atoms with E-state index in [1.54, 1.807) is 0 Å². The standard InChI is InChI=1S/C4H8N4.H2O4S/c1-2-3(5)4(6)8-7-2;1-5(2,3)4/h5H2,1H3,(H3,6,7,8);(H2,1,2,3,4). The van der Waals surface area contributed by atoms with Gasteiger partial charge in [-0.2, -0.15) is 13.5 Å². The summed E-state index contributed by atoms with van der Waals surface area (Å²) in [5, 5.41) is 6.28. The fourth-order valence-electron chi connectivity index (χ4n) is 0.457.